The number of aromatic amines is 1. The SMILES string of the molecule is CCCCn1c(-c2cccc3[nH]c(=O)n(CCc4ccccc4)c23)nc2cc(C(=O)OC)ccc21. The number of ether oxygens (including phenoxy) is 1. The fourth-order valence-corrected chi connectivity index (χ4v) is 4.62. The lowest BCUT2D eigenvalue weighted by Gasteiger charge is -2.12. The average Bonchev–Trinajstić information content (AvgIpc) is 3.42. The van der Waals surface area contributed by atoms with Gasteiger partial charge < -0.3 is 14.3 Å². The van der Waals surface area contributed by atoms with E-state index in [4.69, 9.17) is 9.72 Å². The van der Waals surface area contributed by atoms with Crippen molar-refractivity contribution in [1.29, 1.82) is 0 Å². The first-order valence-corrected chi connectivity index (χ1v) is 11.9. The molecule has 0 unspecified atom stereocenters. The molecule has 0 aliphatic carbocycles. The maximum Gasteiger partial charge on any atom is 0.337 e. The van der Waals surface area contributed by atoms with E-state index in [1.807, 2.05) is 42.5 Å². The molecule has 5 aromatic rings. The molecule has 3 aromatic carbocycles. The zero-order valence-corrected chi connectivity index (χ0v) is 20.0. The molecular weight excluding hydrogens is 440 g/mol. The number of hydrogen-bond acceptors (Lipinski definition) is 4. The number of nitrogens with one attached hydrogen (secondary N) is 1. The Balaban J connectivity index is 1.67. The topological polar surface area (TPSA) is 81.9 Å². The van der Waals surface area contributed by atoms with Crippen molar-refractivity contribution in [2.24, 2.45) is 0 Å². The summed E-state index contributed by atoms with van der Waals surface area (Å²) in [6, 6.07) is 21.5. The van der Waals surface area contributed by atoms with Gasteiger partial charge in [0.15, 0.2) is 0 Å². The Bertz CT molecular complexity index is 1560. The Morgan fingerprint density at radius 2 is 1.83 bits per heavy atom. The summed E-state index contributed by atoms with van der Waals surface area (Å²) in [7, 11) is 1.37. The lowest BCUT2D eigenvalue weighted by atomic mass is 10.1. The van der Waals surface area contributed by atoms with Gasteiger partial charge in [-0.05, 0) is 48.7 Å². The summed E-state index contributed by atoms with van der Waals surface area (Å²) in [5.41, 5.74) is 5.70. The molecule has 7 nitrogen and oxygen atoms in total. The van der Waals surface area contributed by atoms with Crippen LogP contribution in [0.25, 0.3) is 33.5 Å². The van der Waals surface area contributed by atoms with Crippen molar-refractivity contribution in [3.8, 4) is 11.4 Å². The van der Waals surface area contributed by atoms with Crippen LogP contribution in [0.15, 0.2) is 71.5 Å². The molecule has 5 rings (SSSR count). The number of rotatable bonds is 8. The largest absolute Gasteiger partial charge is 0.465 e. The van der Waals surface area contributed by atoms with Gasteiger partial charge in [-0.15, -0.1) is 0 Å². The molecule has 2 heterocycles. The third-order valence-corrected chi connectivity index (χ3v) is 6.41. The van der Waals surface area contributed by atoms with E-state index in [0.29, 0.717) is 12.1 Å². The number of aromatic nitrogens is 4. The van der Waals surface area contributed by atoms with Crippen LogP contribution < -0.4 is 5.69 Å². The quantitative estimate of drug-likeness (QED) is 0.318. The van der Waals surface area contributed by atoms with Crippen LogP contribution in [0.4, 0.5) is 0 Å². The smallest absolute Gasteiger partial charge is 0.337 e. The van der Waals surface area contributed by atoms with Crippen molar-refractivity contribution < 1.29 is 9.53 Å². The second kappa shape index (κ2) is 9.62. The first-order valence-electron chi connectivity index (χ1n) is 11.9. The number of benzene rings is 3. The highest BCUT2D eigenvalue weighted by Crippen LogP contribution is 2.31. The van der Waals surface area contributed by atoms with E-state index in [-0.39, 0.29) is 11.7 Å². The molecule has 0 saturated heterocycles. The minimum Gasteiger partial charge on any atom is -0.465 e. The van der Waals surface area contributed by atoms with Crippen molar-refractivity contribution in [2.45, 2.75) is 39.3 Å². The van der Waals surface area contributed by atoms with Crippen LogP contribution in [-0.4, -0.2) is 32.2 Å². The Kier molecular flexibility index (Phi) is 6.23. The van der Waals surface area contributed by atoms with E-state index in [1.54, 1.807) is 16.7 Å². The van der Waals surface area contributed by atoms with E-state index in [9.17, 15) is 9.59 Å². The number of unbranched alkanes of at least 4 members (excludes halogenated alkanes) is 1. The Labute approximate surface area is 203 Å². The van der Waals surface area contributed by atoms with Crippen LogP contribution in [0.2, 0.25) is 0 Å². The minimum absolute atomic E-state index is 0.132. The zero-order valence-electron chi connectivity index (χ0n) is 20.0. The average molecular weight is 469 g/mol. The third-order valence-electron chi connectivity index (χ3n) is 6.41. The van der Waals surface area contributed by atoms with Crippen LogP contribution in [0, 0.1) is 0 Å². The molecule has 0 atom stereocenters. The van der Waals surface area contributed by atoms with Crippen molar-refractivity contribution >= 4 is 28.0 Å². The summed E-state index contributed by atoms with van der Waals surface area (Å²) in [4.78, 5) is 33.0. The van der Waals surface area contributed by atoms with Gasteiger partial charge in [-0.1, -0.05) is 49.7 Å². The van der Waals surface area contributed by atoms with Gasteiger partial charge >= 0.3 is 11.7 Å². The predicted octanol–water partition coefficient (Wildman–Crippen LogP) is 5.18. The third kappa shape index (κ3) is 4.25. The number of methoxy groups -OCH3 is 1. The summed E-state index contributed by atoms with van der Waals surface area (Å²) < 4.78 is 8.89. The van der Waals surface area contributed by atoms with Crippen LogP contribution >= 0.6 is 0 Å². The summed E-state index contributed by atoms with van der Waals surface area (Å²) in [6.07, 6.45) is 2.77. The molecule has 0 aliphatic rings. The second-order valence-electron chi connectivity index (χ2n) is 8.65. The number of fused-ring (bicyclic) bond motifs is 2. The highest BCUT2D eigenvalue weighted by atomic mass is 16.5. The molecule has 0 radical (unpaired) electrons. The number of para-hydroxylation sites is 1. The van der Waals surface area contributed by atoms with Gasteiger partial charge in [0.25, 0.3) is 0 Å². The molecule has 0 fully saturated rings. The van der Waals surface area contributed by atoms with Gasteiger partial charge in [-0.25, -0.2) is 14.6 Å². The fraction of sp³-hybridized carbons (Fsp3) is 0.250. The maximum atomic E-state index is 13.0. The first-order chi connectivity index (χ1) is 17.1. The maximum absolute atomic E-state index is 13.0. The standard InChI is InChI=1S/C28H28N4O3/c1-3-4-16-31-24-14-13-20(27(33)35-2)18-23(24)29-26(31)21-11-8-12-22-25(21)32(28(34)30-22)17-15-19-9-6-5-7-10-19/h5-14,18H,3-4,15-17H2,1-2H3,(H,30,34). The van der Waals surface area contributed by atoms with Gasteiger partial charge in [0.2, 0.25) is 0 Å². The summed E-state index contributed by atoms with van der Waals surface area (Å²) in [6.45, 7) is 3.50. The number of aryl methyl sites for hydroxylation is 3. The molecule has 35 heavy (non-hydrogen) atoms. The monoisotopic (exact) mass is 468 g/mol. The van der Waals surface area contributed by atoms with Gasteiger partial charge in [-0.3, -0.25) is 4.57 Å². The molecule has 0 bridgehead atoms. The number of nitrogens with zero attached hydrogens (tertiary/aromatic N) is 3. The van der Waals surface area contributed by atoms with Crippen molar-refractivity contribution in [2.75, 3.05) is 7.11 Å². The number of esters is 1. The van der Waals surface area contributed by atoms with Gasteiger partial charge in [0.1, 0.15) is 5.82 Å². The van der Waals surface area contributed by atoms with Crippen LogP contribution in [0.3, 0.4) is 0 Å². The number of carbonyl (C=O) groups is 1. The van der Waals surface area contributed by atoms with Crippen LogP contribution in [0.5, 0.6) is 0 Å². The van der Waals surface area contributed by atoms with E-state index < -0.39 is 0 Å². The van der Waals surface area contributed by atoms with Gasteiger partial charge in [0, 0.05) is 18.7 Å². The summed E-state index contributed by atoms with van der Waals surface area (Å²) in [5.74, 6) is 0.396. The molecule has 2 aromatic heterocycles. The van der Waals surface area contributed by atoms with Crippen molar-refractivity contribution in [3.63, 3.8) is 0 Å². The molecular formula is C28H28N4O3. The second-order valence-corrected chi connectivity index (χ2v) is 8.65. The lowest BCUT2D eigenvalue weighted by molar-refractivity contribution is 0.0601. The highest BCUT2D eigenvalue weighted by molar-refractivity contribution is 5.96. The zero-order chi connectivity index (χ0) is 24.4. The van der Waals surface area contributed by atoms with Crippen LogP contribution in [-0.2, 0) is 24.2 Å². The van der Waals surface area contributed by atoms with Crippen molar-refractivity contribution in [1.82, 2.24) is 19.1 Å². The van der Waals surface area contributed by atoms with Crippen LogP contribution in [0.1, 0.15) is 35.7 Å². The lowest BCUT2D eigenvalue weighted by Crippen LogP contribution is -2.18. The normalized spacial score (nSPS) is 11.4. The molecule has 0 saturated carbocycles. The van der Waals surface area contributed by atoms with Gasteiger partial charge in [-0.2, -0.15) is 0 Å². The van der Waals surface area contributed by atoms with Crippen molar-refractivity contribution in [3.05, 3.63) is 88.3 Å². The predicted molar refractivity (Wildman–Crippen MR) is 138 cm³/mol. The van der Waals surface area contributed by atoms with E-state index >= 15 is 0 Å². The van der Waals surface area contributed by atoms with E-state index in [1.165, 1.54) is 12.7 Å². The van der Waals surface area contributed by atoms with Gasteiger partial charge in [0.05, 0.1) is 34.7 Å². The minimum atomic E-state index is -0.390. The molecule has 178 valence electrons. The number of imidazole rings is 2. The summed E-state index contributed by atoms with van der Waals surface area (Å²) in [5, 5.41) is 0. The van der Waals surface area contributed by atoms with E-state index in [2.05, 4.69) is 28.6 Å². The number of carbonyl (C=O) groups excluding carboxylic acids is 1. The molecule has 0 aliphatic heterocycles. The Hall–Kier alpha value is -4.13. The Morgan fingerprint density at radius 1 is 1.00 bits per heavy atom. The molecule has 0 amide bonds. The Morgan fingerprint density at radius 3 is 2.60 bits per heavy atom. The number of hydrogen-bond donors (Lipinski definition) is 1. The first kappa shape index (κ1) is 22.7. The fourth-order valence-electron chi connectivity index (χ4n) is 4.62. The van der Waals surface area contributed by atoms with E-state index in [0.717, 1.165) is 59.3 Å². The number of H-pyrrole nitrogens is 1. The molecule has 0 spiro atoms. The highest BCUT2D eigenvalue weighted by Gasteiger charge is 2.19. The summed E-state index contributed by atoms with van der Waals surface area (Å²) >= 11 is 0. The molecule has 7 heteroatoms. The molecule has 1 N–H and O–H groups in total.